The van der Waals surface area contributed by atoms with Crippen molar-refractivity contribution in [3.05, 3.63) is 64.1 Å². The van der Waals surface area contributed by atoms with Gasteiger partial charge in [0.05, 0.1) is 16.4 Å². The number of amides is 2. The highest BCUT2D eigenvalue weighted by molar-refractivity contribution is 6.32. The van der Waals surface area contributed by atoms with Gasteiger partial charge in [-0.2, -0.15) is 5.10 Å². The van der Waals surface area contributed by atoms with Gasteiger partial charge in [-0.1, -0.05) is 35.3 Å². The number of carbonyl (C=O) groups is 2. The molecule has 3 rings (SSSR count). The summed E-state index contributed by atoms with van der Waals surface area (Å²) in [7, 11) is 0. The molecule has 3 N–H and O–H groups in total. The Labute approximate surface area is 159 Å². The van der Waals surface area contributed by atoms with Crippen LogP contribution in [0.1, 0.15) is 17.3 Å². The molecule has 0 bridgehead atoms. The minimum Gasteiger partial charge on any atom is -0.366 e. The number of aromatic nitrogens is 2. The SMILES string of the molecule is CC(=O)Nc1cc(-c2ccc(Cl)cc2)nn1-c1ccc(C(N)=O)cc1Cl. The maximum atomic E-state index is 11.6. The highest BCUT2D eigenvalue weighted by Crippen LogP contribution is 2.29. The zero-order chi connectivity index (χ0) is 18.8. The molecular weight excluding hydrogens is 375 g/mol. The standard InChI is InChI=1S/C18H14Cl2N4O2/c1-10(25)22-17-9-15(11-2-5-13(19)6-3-11)23-24(17)16-7-4-12(18(21)26)8-14(16)20/h2-9H,1H3,(H2,21,26)(H,22,25). The van der Waals surface area contributed by atoms with E-state index < -0.39 is 5.91 Å². The van der Waals surface area contributed by atoms with Crippen molar-refractivity contribution >= 4 is 40.8 Å². The van der Waals surface area contributed by atoms with Gasteiger partial charge in [0.1, 0.15) is 5.82 Å². The van der Waals surface area contributed by atoms with Crippen molar-refractivity contribution in [2.75, 3.05) is 5.32 Å². The first-order valence-electron chi connectivity index (χ1n) is 7.58. The van der Waals surface area contributed by atoms with Gasteiger partial charge in [0.15, 0.2) is 0 Å². The summed E-state index contributed by atoms with van der Waals surface area (Å²) in [6.07, 6.45) is 0. The van der Waals surface area contributed by atoms with Crippen molar-refractivity contribution in [2.45, 2.75) is 6.92 Å². The Bertz CT molecular complexity index is 997. The maximum Gasteiger partial charge on any atom is 0.248 e. The third-order valence-corrected chi connectivity index (χ3v) is 4.17. The molecule has 0 spiro atoms. The molecule has 0 aliphatic heterocycles. The number of hydrogen-bond donors (Lipinski definition) is 2. The van der Waals surface area contributed by atoms with E-state index in [1.165, 1.54) is 17.7 Å². The number of hydrogen-bond acceptors (Lipinski definition) is 3. The van der Waals surface area contributed by atoms with Crippen LogP contribution >= 0.6 is 23.2 Å². The van der Waals surface area contributed by atoms with Crippen LogP contribution in [0.5, 0.6) is 0 Å². The summed E-state index contributed by atoms with van der Waals surface area (Å²) in [4.78, 5) is 22.9. The predicted molar refractivity (Wildman–Crippen MR) is 102 cm³/mol. The van der Waals surface area contributed by atoms with Crippen molar-refractivity contribution in [3.63, 3.8) is 0 Å². The lowest BCUT2D eigenvalue weighted by molar-refractivity contribution is -0.114. The molecule has 3 aromatic rings. The maximum absolute atomic E-state index is 11.6. The van der Waals surface area contributed by atoms with E-state index in [1.807, 2.05) is 12.1 Å². The van der Waals surface area contributed by atoms with Gasteiger partial charge in [-0.3, -0.25) is 9.59 Å². The summed E-state index contributed by atoms with van der Waals surface area (Å²) < 4.78 is 1.50. The van der Waals surface area contributed by atoms with E-state index in [0.717, 1.165) is 5.56 Å². The van der Waals surface area contributed by atoms with E-state index in [4.69, 9.17) is 28.9 Å². The van der Waals surface area contributed by atoms with Crippen LogP contribution in [0.2, 0.25) is 10.0 Å². The van der Waals surface area contributed by atoms with E-state index in [2.05, 4.69) is 10.4 Å². The van der Waals surface area contributed by atoms with E-state index >= 15 is 0 Å². The number of anilines is 1. The lowest BCUT2D eigenvalue weighted by Crippen LogP contribution is -2.13. The van der Waals surface area contributed by atoms with E-state index in [9.17, 15) is 9.59 Å². The largest absolute Gasteiger partial charge is 0.366 e. The lowest BCUT2D eigenvalue weighted by atomic mass is 10.1. The van der Waals surface area contributed by atoms with Crippen LogP contribution in [-0.2, 0) is 4.79 Å². The summed E-state index contributed by atoms with van der Waals surface area (Å²) in [5.74, 6) is -0.391. The number of benzene rings is 2. The van der Waals surface area contributed by atoms with Gasteiger partial charge in [-0.15, -0.1) is 0 Å². The van der Waals surface area contributed by atoms with Crippen molar-refractivity contribution in [1.29, 1.82) is 0 Å². The summed E-state index contributed by atoms with van der Waals surface area (Å²) >= 11 is 12.2. The van der Waals surface area contributed by atoms with Gasteiger partial charge in [-0.25, -0.2) is 4.68 Å². The molecule has 1 aromatic heterocycles. The van der Waals surface area contributed by atoms with Gasteiger partial charge < -0.3 is 11.1 Å². The number of primary amides is 1. The number of rotatable bonds is 4. The minimum atomic E-state index is -0.581. The molecule has 0 saturated heterocycles. The van der Waals surface area contributed by atoms with Crippen molar-refractivity contribution in [1.82, 2.24) is 9.78 Å². The Kier molecular flexibility index (Phi) is 4.97. The molecule has 2 amide bonds. The van der Waals surface area contributed by atoms with E-state index in [1.54, 1.807) is 30.3 Å². The zero-order valence-corrected chi connectivity index (χ0v) is 15.2. The summed E-state index contributed by atoms with van der Waals surface area (Å²) in [5.41, 5.74) is 7.50. The van der Waals surface area contributed by atoms with Crippen LogP contribution in [0.3, 0.4) is 0 Å². The van der Waals surface area contributed by atoms with Crippen molar-refractivity contribution in [3.8, 4) is 16.9 Å². The number of nitrogens with one attached hydrogen (secondary N) is 1. The Hall–Kier alpha value is -2.83. The van der Waals surface area contributed by atoms with Crippen molar-refractivity contribution < 1.29 is 9.59 Å². The van der Waals surface area contributed by atoms with Crippen molar-refractivity contribution in [2.24, 2.45) is 5.73 Å². The topological polar surface area (TPSA) is 90.0 Å². The summed E-state index contributed by atoms with van der Waals surface area (Å²) in [6.45, 7) is 1.40. The lowest BCUT2D eigenvalue weighted by Gasteiger charge is -2.10. The highest BCUT2D eigenvalue weighted by atomic mass is 35.5. The molecule has 0 unspecified atom stereocenters. The summed E-state index contributed by atoms with van der Waals surface area (Å²) in [6, 6.07) is 13.5. The first-order valence-corrected chi connectivity index (χ1v) is 8.34. The Morgan fingerprint density at radius 3 is 2.35 bits per heavy atom. The zero-order valence-electron chi connectivity index (χ0n) is 13.7. The average molecular weight is 389 g/mol. The quantitative estimate of drug-likeness (QED) is 0.709. The molecule has 132 valence electrons. The monoisotopic (exact) mass is 388 g/mol. The van der Waals surface area contributed by atoms with Crippen LogP contribution in [-0.4, -0.2) is 21.6 Å². The molecule has 1 heterocycles. The molecule has 8 heteroatoms. The Morgan fingerprint density at radius 1 is 1.08 bits per heavy atom. The van der Waals surface area contributed by atoms with Gasteiger partial charge in [0.25, 0.3) is 0 Å². The molecular formula is C18H14Cl2N4O2. The molecule has 6 nitrogen and oxygen atoms in total. The minimum absolute atomic E-state index is 0.251. The molecule has 0 radical (unpaired) electrons. The fourth-order valence-corrected chi connectivity index (χ4v) is 2.81. The van der Waals surface area contributed by atoms with Gasteiger partial charge in [-0.05, 0) is 30.3 Å². The fraction of sp³-hybridized carbons (Fsp3) is 0.0556. The normalized spacial score (nSPS) is 10.6. The third-order valence-electron chi connectivity index (χ3n) is 3.61. The van der Waals surface area contributed by atoms with Gasteiger partial charge in [0, 0.05) is 29.1 Å². The molecule has 0 atom stereocenters. The van der Waals surface area contributed by atoms with E-state index in [0.29, 0.717) is 22.2 Å². The first-order chi connectivity index (χ1) is 12.3. The third kappa shape index (κ3) is 3.71. The first kappa shape index (κ1) is 18.0. The van der Waals surface area contributed by atoms with Gasteiger partial charge >= 0.3 is 0 Å². The van der Waals surface area contributed by atoms with Crippen LogP contribution in [0.15, 0.2) is 48.5 Å². The summed E-state index contributed by atoms with van der Waals surface area (Å²) in [5, 5.41) is 8.14. The second kappa shape index (κ2) is 7.19. The number of nitrogens with zero attached hydrogens (tertiary/aromatic N) is 2. The predicted octanol–water partition coefficient (Wildman–Crippen LogP) is 3.90. The highest BCUT2D eigenvalue weighted by Gasteiger charge is 2.15. The molecule has 0 fully saturated rings. The van der Waals surface area contributed by atoms with E-state index in [-0.39, 0.29) is 16.5 Å². The van der Waals surface area contributed by atoms with Crippen LogP contribution in [0, 0.1) is 0 Å². The molecule has 0 aliphatic carbocycles. The second-order valence-electron chi connectivity index (χ2n) is 5.55. The Morgan fingerprint density at radius 2 is 1.77 bits per heavy atom. The number of nitrogens with two attached hydrogens (primary N) is 1. The Balaban J connectivity index is 2.12. The number of halogens is 2. The van der Waals surface area contributed by atoms with Gasteiger partial charge in [0.2, 0.25) is 11.8 Å². The molecule has 0 aliphatic rings. The fourth-order valence-electron chi connectivity index (χ4n) is 2.43. The van der Waals surface area contributed by atoms with Crippen LogP contribution in [0.25, 0.3) is 16.9 Å². The second-order valence-corrected chi connectivity index (χ2v) is 6.39. The molecule has 2 aromatic carbocycles. The smallest absolute Gasteiger partial charge is 0.248 e. The molecule has 0 saturated carbocycles. The molecule has 26 heavy (non-hydrogen) atoms. The van der Waals surface area contributed by atoms with Crippen LogP contribution < -0.4 is 11.1 Å². The van der Waals surface area contributed by atoms with Crippen LogP contribution in [0.4, 0.5) is 5.82 Å². The average Bonchev–Trinajstić information content (AvgIpc) is 2.98. The number of carbonyl (C=O) groups excluding carboxylic acids is 2.